The zero-order valence-corrected chi connectivity index (χ0v) is 10.8. The molecule has 0 aromatic heterocycles. The van der Waals surface area contributed by atoms with Gasteiger partial charge in [0.25, 0.3) is 0 Å². The number of rotatable bonds is 3. The van der Waals surface area contributed by atoms with Crippen LogP contribution >= 0.6 is 0 Å². The molecule has 118 valence electrons. The van der Waals surface area contributed by atoms with Gasteiger partial charge >= 0.3 is 12.4 Å². The molecule has 0 fully saturated rings. The van der Waals surface area contributed by atoms with Gasteiger partial charge in [0.1, 0.15) is 0 Å². The van der Waals surface area contributed by atoms with E-state index in [0.717, 1.165) is 0 Å². The van der Waals surface area contributed by atoms with E-state index in [1.54, 1.807) is 18.2 Å². The molecule has 22 heavy (non-hydrogen) atoms. The van der Waals surface area contributed by atoms with Crippen LogP contribution in [0.2, 0.25) is 0 Å². The molecule has 0 aliphatic rings. The Morgan fingerprint density at radius 3 is 1.68 bits per heavy atom. The molecule has 2 aromatic rings. The van der Waals surface area contributed by atoms with Gasteiger partial charge in [-0.05, 0) is 30.3 Å². The molecule has 8 heteroatoms. The summed E-state index contributed by atoms with van der Waals surface area (Å²) in [6.07, 6.45) is -9.82. The van der Waals surface area contributed by atoms with E-state index in [1.165, 1.54) is 12.1 Å². The van der Waals surface area contributed by atoms with Gasteiger partial charge in [0.15, 0.2) is 5.75 Å². The molecule has 2 aromatic carbocycles. The summed E-state index contributed by atoms with van der Waals surface area (Å²) in [4.78, 5) is 4.81. The highest BCUT2D eigenvalue weighted by Gasteiger charge is 2.37. The zero-order chi connectivity index (χ0) is 16.4. The Hall–Kier alpha value is -2.38. The van der Waals surface area contributed by atoms with E-state index < -0.39 is 29.2 Å². The third-order valence-electron chi connectivity index (χ3n) is 2.62. The number of halogens is 6. The second-order valence-electron chi connectivity index (χ2n) is 4.31. The summed E-state index contributed by atoms with van der Waals surface area (Å²) in [5.74, 6) is -0.592. The van der Waals surface area contributed by atoms with E-state index in [9.17, 15) is 26.3 Å². The molecule has 0 atom stereocenters. The molecule has 0 spiro atoms. The molecule has 0 saturated carbocycles. The Balaban J connectivity index is 2.30. The maximum atomic E-state index is 12.7. The normalized spacial score (nSPS) is 12.1. The van der Waals surface area contributed by atoms with Gasteiger partial charge in [0.05, 0.1) is 16.8 Å². The molecule has 1 N–H and O–H groups in total. The molecule has 0 radical (unpaired) electrons. The first-order valence-electron chi connectivity index (χ1n) is 5.93. The smallest absolute Gasteiger partial charge is 0.382 e. The minimum Gasteiger partial charge on any atom is -0.382 e. The third-order valence-corrected chi connectivity index (χ3v) is 2.62. The molecule has 2 rings (SSSR count). The first kappa shape index (κ1) is 16.0. The van der Waals surface area contributed by atoms with Gasteiger partial charge in [-0.2, -0.15) is 26.3 Å². The minimum atomic E-state index is -4.91. The fourth-order valence-electron chi connectivity index (χ4n) is 1.61. The van der Waals surface area contributed by atoms with Crippen LogP contribution in [0, 0.1) is 0 Å². The Bertz CT molecular complexity index is 604. The number of benzene rings is 2. The third kappa shape index (κ3) is 4.06. The Kier molecular flexibility index (Phi) is 4.20. The highest BCUT2D eigenvalue weighted by molar-refractivity contribution is 5.43. The number of nitrogens with one attached hydrogen (secondary N) is 1. The fourth-order valence-corrected chi connectivity index (χ4v) is 1.61. The lowest BCUT2D eigenvalue weighted by molar-refractivity contribution is -0.143. The van der Waals surface area contributed by atoms with Crippen LogP contribution in [0.3, 0.4) is 0 Å². The number of alkyl halides is 6. The van der Waals surface area contributed by atoms with Gasteiger partial charge in [-0.3, -0.25) is 0 Å². The molecule has 0 aliphatic carbocycles. The van der Waals surface area contributed by atoms with Gasteiger partial charge in [0.2, 0.25) is 0 Å². The summed E-state index contributed by atoms with van der Waals surface area (Å²) >= 11 is 0. The molecule has 0 amide bonds. The average molecular weight is 321 g/mol. The van der Waals surface area contributed by atoms with Gasteiger partial charge in [-0.1, -0.05) is 18.2 Å². The summed E-state index contributed by atoms with van der Waals surface area (Å²) < 4.78 is 75.9. The van der Waals surface area contributed by atoms with Crippen molar-refractivity contribution in [3.05, 3.63) is 59.7 Å². The van der Waals surface area contributed by atoms with Crippen molar-refractivity contribution in [2.75, 3.05) is 5.48 Å². The molecule has 0 unspecified atom stereocenters. The number of anilines is 1. The molecular formula is C14H9F6NO. The second kappa shape index (κ2) is 5.78. The Labute approximate surface area is 121 Å². The molecule has 0 saturated heterocycles. The molecule has 0 aliphatic heterocycles. The second-order valence-corrected chi connectivity index (χ2v) is 4.31. The van der Waals surface area contributed by atoms with E-state index in [2.05, 4.69) is 5.48 Å². The Morgan fingerprint density at radius 2 is 1.23 bits per heavy atom. The molecule has 0 bridgehead atoms. The van der Waals surface area contributed by atoms with Gasteiger partial charge in [0, 0.05) is 0 Å². The number of para-hydroxylation sites is 1. The fraction of sp³-hybridized carbons (Fsp3) is 0.143. The van der Waals surface area contributed by atoms with E-state index in [4.69, 9.17) is 4.84 Å². The number of hydrogen-bond donors (Lipinski definition) is 1. The van der Waals surface area contributed by atoms with E-state index >= 15 is 0 Å². The standard InChI is InChI=1S/C14H9F6NO/c15-13(16,17)9-6-10(14(18,19)20)8-12(7-9)22-21-11-4-2-1-3-5-11/h1-8,21H. The van der Waals surface area contributed by atoms with Crippen molar-refractivity contribution >= 4 is 5.69 Å². The minimum absolute atomic E-state index is 0.0371. The Morgan fingerprint density at radius 1 is 0.727 bits per heavy atom. The summed E-state index contributed by atoms with van der Waals surface area (Å²) in [7, 11) is 0. The van der Waals surface area contributed by atoms with Crippen molar-refractivity contribution in [2.45, 2.75) is 12.4 Å². The largest absolute Gasteiger partial charge is 0.416 e. The lowest BCUT2D eigenvalue weighted by atomic mass is 10.1. The highest BCUT2D eigenvalue weighted by Crippen LogP contribution is 2.38. The van der Waals surface area contributed by atoms with Gasteiger partial charge < -0.3 is 4.84 Å². The predicted molar refractivity (Wildman–Crippen MR) is 67.1 cm³/mol. The monoisotopic (exact) mass is 321 g/mol. The lowest BCUT2D eigenvalue weighted by Crippen LogP contribution is -2.12. The summed E-state index contributed by atoms with van der Waals surface area (Å²) in [5.41, 5.74) is -0.209. The van der Waals surface area contributed by atoms with Crippen molar-refractivity contribution in [3.8, 4) is 5.75 Å². The number of hydrogen-bond acceptors (Lipinski definition) is 2. The highest BCUT2D eigenvalue weighted by atomic mass is 19.4. The molecule has 0 heterocycles. The molecule has 2 nitrogen and oxygen atoms in total. The van der Waals surface area contributed by atoms with Crippen LogP contribution in [-0.4, -0.2) is 0 Å². The van der Waals surface area contributed by atoms with Crippen LogP contribution in [0.1, 0.15) is 11.1 Å². The SMILES string of the molecule is FC(F)(F)c1cc(ONc2ccccc2)cc(C(F)(F)F)c1. The van der Waals surface area contributed by atoms with Crippen LogP contribution in [0.5, 0.6) is 5.75 Å². The van der Waals surface area contributed by atoms with E-state index in [0.29, 0.717) is 17.8 Å². The van der Waals surface area contributed by atoms with Crippen molar-refractivity contribution in [3.63, 3.8) is 0 Å². The summed E-state index contributed by atoms with van der Waals surface area (Å²) in [6, 6.07) is 9.04. The first-order chi connectivity index (χ1) is 10.2. The van der Waals surface area contributed by atoms with Crippen molar-refractivity contribution < 1.29 is 31.2 Å². The first-order valence-corrected chi connectivity index (χ1v) is 5.93. The van der Waals surface area contributed by atoms with E-state index in [-0.39, 0.29) is 6.07 Å². The van der Waals surface area contributed by atoms with Crippen molar-refractivity contribution in [1.29, 1.82) is 0 Å². The lowest BCUT2D eigenvalue weighted by Gasteiger charge is -2.15. The molecular weight excluding hydrogens is 312 g/mol. The summed E-state index contributed by atoms with van der Waals surface area (Å²) in [6.45, 7) is 0. The topological polar surface area (TPSA) is 21.3 Å². The van der Waals surface area contributed by atoms with Crippen LogP contribution in [0.25, 0.3) is 0 Å². The van der Waals surface area contributed by atoms with Gasteiger partial charge in [-0.25, -0.2) is 5.48 Å². The zero-order valence-electron chi connectivity index (χ0n) is 10.8. The maximum Gasteiger partial charge on any atom is 0.416 e. The van der Waals surface area contributed by atoms with Gasteiger partial charge in [-0.15, -0.1) is 0 Å². The van der Waals surface area contributed by atoms with Crippen molar-refractivity contribution in [2.24, 2.45) is 0 Å². The van der Waals surface area contributed by atoms with Crippen molar-refractivity contribution in [1.82, 2.24) is 0 Å². The van der Waals surface area contributed by atoms with Crippen LogP contribution in [-0.2, 0) is 12.4 Å². The van der Waals surface area contributed by atoms with Crippen LogP contribution in [0.15, 0.2) is 48.5 Å². The maximum absolute atomic E-state index is 12.7. The average Bonchev–Trinajstić information content (AvgIpc) is 2.44. The van der Waals surface area contributed by atoms with Crippen LogP contribution in [0.4, 0.5) is 32.0 Å². The quantitative estimate of drug-likeness (QED) is 0.625. The summed E-state index contributed by atoms with van der Waals surface area (Å²) in [5, 5.41) is 0. The predicted octanol–water partition coefficient (Wildman–Crippen LogP) is 5.13. The van der Waals surface area contributed by atoms with E-state index in [1.807, 2.05) is 0 Å². The van der Waals surface area contributed by atoms with Crippen LogP contribution < -0.4 is 10.3 Å².